The van der Waals surface area contributed by atoms with Gasteiger partial charge in [-0.15, -0.1) is 0 Å². The number of carbonyl (C=O) groups is 1. The predicted molar refractivity (Wildman–Crippen MR) is 55.9 cm³/mol. The molecule has 17 heavy (non-hydrogen) atoms. The maximum Gasteiger partial charge on any atom is 0.337 e. The highest BCUT2D eigenvalue weighted by Gasteiger charge is 2.15. The van der Waals surface area contributed by atoms with Gasteiger partial charge in [0, 0.05) is 12.1 Å². The van der Waals surface area contributed by atoms with E-state index < -0.39 is 19.0 Å². The van der Waals surface area contributed by atoms with E-state index >= 15 is 0 Å². The van der Waals surface area contributed by atoms with E-state index in [9.17, 15) is 13.6 Å². The van der Waals surface area contributed by atoms with Crippen LogP contribution in [-0.4, -0.2) is 31.2 Å². The fourth-order valence-corrected chi connectivity index (χ4v) is 1.19. The van der Waals surface area contributed by atoms with Crippen LogP contribution in [0, 0.1) is 0 Å². The van der Waals surface area contributed by atoms with Crippen molar-refractivity contribution in [2.45, 2.75) is 6.43 Å². The highest BCUT2D eigenvalue weighted by molar-refractivity contribution is 5.94. The van der Waals surface area contributed by atoms with Crippen molar-refractivity contribution in [1.29, 1.82) is 0 Å². The van der Waals surface area contributed by atoms with Crippen LogP contribution >= 0.6 is 0 Å². The lowest BCUT2D eigenvalue weighted by Gasteiger charge is -2.12. The fourth-order valence-electron chi connectivity index (χ4n) is 1.19. The van der Waals surface area contributed by atoms with Crippen LogP contribution in [0.25, 0.3) is 0 Å². The standard InChI is InChI=1S/C10H11F2NO4/c1-16-7-3-6(13)5(10(14)15)2-8(7)17-4-9(11)12/h2-3,9H,4,13H2,1H3,(H,14,15). The number of aromatic carboxylic acids is 1. The van der Waals surface area contributed by atoms with Gasteiger partial charge in [0.05, 0.1) is 18.4 Å². The molecule has 0 aromatic heterocycles. The highest BCUT2D eigenvalue weighted by Crippen LogP contribution is 2.32. The maximum atomic E-state index is 12.0. The van der Waals surface area contributed by atoms with Crippen LogP contribution in [0.4, 0.5) is 14.5 Å². The molecule has 1 aromatic rings. The molecule has 0 heterocycles. The largest absolute Gasteiger partial charge is 0.493 e. The molecule has 0 aliphatic heterocycles. The average Bonchev–Trinajstić information content (AvgIpc) is 2.26. The molecule has 5 nitrogen and oxygen atoms in total. The molecule has 3 N–H and O–H groups in total. The highest BCUT2D eigenvalue weighted by atomic mass is 19.3. The van der Waals surface area contributed by atoms with Gasteiger partial charge in [-0.3, -0.25) is 0 Å². The van der Waals surface area contributed by atoms with Crippen LogP contribution in [0.2, 0.25) is 0 Å². The summed E-state index contributed by atoms with van der Waals surface area (Å²) in [5, 5.41) is 8.81. The van der Waals surface area contributed by atoms with Crippen molar-refractivity contribution in [3.63, 3.8) is 0 Å². The molecule has 0 saturated carbocycles. The number of anilines is 1. The number of methoxy groups -OCH3 is 1. The van der Waals surface area contributed by atoms with E-state index in [1.54, 1.807) is 0 Å². The normalized spacial score (nSPS) is 10.4. The Bertz CT molecular complexity index is 423. The number of rotatable bonds is 5. The van der Waals surface area contributed by atoms with Crippen LogP contribution in [0.5, 0.6) is 11.5 Å². The molecule has 0 aliphatic carbocycles. The Hall–Kier alpha value is -2.05. The number of halogens is 2. The number of benzene rings is 1. The van der Waals surface area contributed by atoms with E-state index in [4.69, 9.17) is 20.3 Å². The SMILES string of the molecule is COc1cc(N)c(C(=O)O)cc1OCC(F)F. The van der Waals surface area contributed by atoms with Crippen LogP contribution in [0.1, 0.15) is 10.4 Å². The summed E-state index contributed by atoms with van der Waals surface area (Å²) in [5.41, 5.74) is 5.20. The molecule has 0 spiro atoms. The Balaban J connectivity index is 3.08. The number of ether oxygens (including phenoxy) is 2. The number of alkyl halides is 2. The first kappa shape index (κ1) is 13.0. The van der Waals surface area contributed by atoms with Crippen molar-refractivity contribution in [3.05, 3.63) is 17.7 Å². The number of nitrogens with two attached hydrogens (primary N) is 1. The molecular formula is C10H11F2NO4. The maximum absolute atomic E-state index is 12.0. The van der Waals surface area contributed by atoms with Gasteiger partial charge in [0.15, 0.2) is 11.5 Å². The number of nitrogen functional groups attached to an aromatic ring is 1. The summed E-state index contributed by atoms with van der Waals surface area (Å²) in [6, 6.07) is 2.27. The van der Waals surface area contributed by atoms with Crippen molar-refractivity contribution in [3.8, 4) is 11.5 Å². The summed E-state index contributed by atoms with van der Waals surface area (Å²) in [5.74, 6) is -1.25. The molecule has 0 aliphatic rings. The Kier molecular flexibility index (Phi) is 4.08. The molecule has 0 fully saturated rings. The first-order valence-corrected chi connectivity index (χ1v) is 4.57. The van der Waals surface area contributed by atoms with Crippen LogP contribution < -0.4 is 15.2 Å². The number of hydrogen-bond acceptors (Lipinski definition) is 4. The lowest BCUT2D eigenvalue weighted by molar-refractivity contribution is 0.0696. The van der Waals surface area contributed by atoms with E-state index in [1.807, 2.05) is 0 Å². The molecule has 7 heteroatoms. The third-order valence-corrected chi connectivity index (χ3v) is 1.93. The first-order chi connectivity index (χ1) is 7.95. The third kappa shape index (κ3) is 3.20. The Morgan fingerprint density at radius 3 is 2.59 bits per heavy atom. The van der Waals surface area contributed by atoms with E-state index in [1.165, 1.54) is 13.2 Å². The van der Waals surface area contributed by atoms with E-state index in [0.29, 0.717) is 0 Å². The van der Waals surface area contributed by atoms with E-state index in [2.05, 4.69) is 0 Å². The average molecular weight is 247 g/mol. The summed E-state index contributed by atoms with van der Waals surface area (Å²) in [4.78, 5) is 10.8. The summed E-state index contributed by atoms with van der Waals surface area (Å²) in [6.07, 6.45) is -2.66. The van der Waals surface area contributed by atoms with Crippen molar-refractivity contribution in [2.24, 2.45) is 0 Å². The minimum atomic E-state index is -2.66. The third-order valence-electron chi connectivity index (χ3n) is 1.93. The second-order valence-corrected chi connectivity index (χ2v) is 3.10. The fraction of sp³-hybridized carbons (Fsp3) is 0.300. The Morgan fingerprint density at radius 1 is 1.47 bits per heavy atom. The van der Waals surface area contributed by atoms with Gasteiger partial charge in [-0.05, 0) is 0 Å². The summed E-state index contributed by atoms with van der Waals surface area (Å²) in [7, 11) is 1.30. The molecule has 1 aromatic carbocycles. The molecule has 94 valence electrons. The number of hydrogen-bond donors (Lipinski definition) is 2. The van der Waals surface area contributed by atoms with Gasteiger partial charge in [0.2, 0.25) is 0 Å². The summed E-state index contributed by atoms with van der Waals surface area (Å²) < 4.78 is 33.6. The van der Waals surface area contributed by atoms with Gasteiger partial charge in [-0.25, -0.2) is 13.6 Å². The van der Waals surface area contributed by atoms with Gasteiger partial charge < -0.3 is 20.3 Å². The number of carboxylic acid groups (broad SMARTS) is 1. The zero-order chi connectivity index (χ0) is 13.0. The lowest BCUT2D eigenvalue weighted by Crippen LogP contribution is -2.10. The molecule has 0 radical (unpaired) electrons. The van der Waals surface area contributed by atoms with Gasteiger partial charge >= 0.3 is 5.97 Å². The lowest BCUT2D eigenvalue weighted by atomic mass is 10.1. The first-order valence-electron chi connectivity index (χ1n) is 4.57. The van der Waals surface area contributed by atoms with Crippen molar-refractivity contribution in [1.82, 2.24) is 0 Å². The minimum Gasteiger partial charge on any atom is -0.493 e. The molecule has 0 saturated heterocycles. The smallest absolute Gasteiger partial charge is 0.337 e. The van der Waals surface area contributed by atoms with Gasteiger partial charge in [0.25, 0.3) is 6.43 Å². The second kappa shape index (κ2) is 5.33. The summed E-state index contributed by atoms with van der Waals surface area (Å²) >= 11 is 0. The van der Waals surface area contributed by atoms with Gasteiger partial charge in [-0.1, -0.05) is 0 Å². The van der Waals surface area contributed by atoms with Crippen molar-refractivity contribution < 1.29 is 28.2 Å². The molecule has 0 bridgehead atoms. The Morgan fingerprint density at radius 2 is 2.12 bits per heavy atom. The molecular weight excluding hydrogens is 236 g/mol. The van der Waals surface area contributed by atoms with E-state index in [-0.39, 0.29) is 22.7 Å². The van der Waals surface area contributed by atoms with Crippen LogP contribution in [-0.2, 0) is 0 Å². The number of carboxylic acids is 1. The predicted octanol–water partition coefficient (Wildman–Crippen LogP) is 1.62. The molecule has 0 atom stereocenters. The van der Waals surface area contributed by atoms with Crippen molar-refractivity contribution in [2.75, 3.05) is 19.5 Å². The molecule has 0 amide bonds. The zero-order valence-corrected chi connectivity index (χ0v) is 8.94. The topological polar surface area (TPSA) is 81.8 Å². The van der Waals surface area contributed by atoms with Gasteiger partial charge in [-0.2, -0.15) is 0 Å². The second-order valence-electron chi connectivity index (χ2n) is 3.10. The molecule has 0 unspecified atom stereocenters. The van der Waals surface area contributed by atoms with E-state index in [0.717, 1.165) is 6.07 Å². The monoisotopic (exact) mass is 247 g/mol. The molecule has 1 rings (SSSR count). The zero-order valence-electron chi connectivity index (χ0n) is 8.94. The van der Waals surface area contributed by atoms with Gasteiger partial charge in [0.1, 0.15) is 6.61 Å². The minimum absolute atomic E-state index is 0.0289. The van der Waals surface area contributed by atoms with Crippen LogP contribution in [0.15, 0.2) is 12.1 Å². The van der Waals surface area contributed by atoms with Crippen molar-refractivity contribution >= 4 is 11.7 Å². The quantitative estimate of drug-likeness (QED) is 0.772. The van der Waals surface area contributed by atoms with Crippen LogP contribution in [0.3, 0.4) is 0 Å². The summed E-state index contributed by atoms with van der Waals surface area (Å²) in [6.45, 7) is -0.848. The Labute approximate surface area is 95.7 Å².